The van der Waals surface area contributed by atoms with Crippen molar-refractivity contribution in [3.63, 3.8) is 0 Å². The molecular formula is C23H26N4O2. The van der Waals surface area contributed by atoms with E-state index in [1.807, 2.05) is 60.6 Å². The Morgan fingerprint density at radius 2 is 1.69 bits per heavy atom. The van der Waals surface area contributed by atoms with Gasteiger partial charge in [-0.25, -0.2) is 4.79 Å². The molecule has 0 bridgehead atoms. The lowest BCUT2D eigenvalue weighted by Gasteiger charge is -2.32. The number of hydrogen-bond acceptors (Lipinski definition) is 2. The van der Waals surface area contributed by atoms with Gasteiger partial charge in [-0.3, -0.25) is 4.79 Å². The fourth-order valence-electron chi connectivity index (χ4n) is 3.99. The van der Waals surface area contributed by atoms with Gasteiger partial charge in [0.25, 0.3) is 0 Å². The number of benzene rings is 2. The van der Waals surface area contributed by atoms with E-state index in [0.29, 0.717) is 19.5 Å². The van der Waals surface area contributed by atoms with Gasteiger partial charge < -0.3 is 20.1 Å². The Labute approximate surface area is 170 Å². The summed E-state index contributed by atoms with van der Waals surface area (Å²) in [6.07, 6.45) is 3.99. The van der Waals surface area contributed by atoms with Crippen LogP contribution in [0.5, 0.6) is 0 Å². The van der Waals surface area contributed by atoms with Gasteiger partial charge >= 0.3 is 6.03 Å². The van der Waals surface area contributed by atoms with Crippen molar-refractivity contribution in [2.75, 3.05) is 18.4 Å². The highest BCUT2D eigenvalue weighted by Crippen LogP contribution is 2.22. The van der Waals surface area contributed by atoms with E-state index in [2.05, 4.69) is 27.3 Å². The minimum atomic E-state index is -0.197. The molecular weight excluding hydrogens is 364 g/mol. The third-order valence-electron chi connectivity index (χ3n) is 5.54. The van der Waals surface area contributed by atoms with E-state index in [-0.39, 0.29) is 18.0 Å². The van der Waals surface area contributed by atoms with Gasteiger partial charge in [-0.2, -0.15) is 0 Å². The van der Waals surface area contributed by atoms with E-state index in [9.17, 15) is 9.59 Å². The number of amides is 3. The van der Waals surface area contributed by atoms with Crippen LogP contribution in [0.15, 0.2) is 60.8 Å². The SMILES string of the molecule is Cn1cc(CC(=O)N2CCC(NC(=O)Nc3ccccc3)CC2)c2ccccc21. The Kier molecular flexibility index (Phi) is 5.51. The first kappa shape index (κ1) is 19.1. The number of fused-ring (bicyclic) bond motifs is 1. The average Bonchev–Trinajstić information content (AvgIpc) is 3.05. The Hall–Kier alpha value is -3.28. The van der Waals surface area contributed by atoms with Gasteiger partial charge in [-0.15, -0.1) is 0 Å². The summed E-state index contributed by atoms with van der Waals surface area (Å²) in [6.45, 7) is 1.33. The molecule has 29 heavy (non-hydrogen) atoms. The van der Waals surface area contributed by atoms with Crippen molar-refractivity contribution in [3.8, 4) is 0 Å². The molecule has 150 valence electrons. The van der Waals surface area contributed by atoms with E-state index in [1.54, 1.807) is 0 Å². The van der Waals surface area contributed by atoms with Crippen molar-refractivity contribution in [1.29, 1.82) is 0 Å². The highest BCUT2D eigenvalue weighted by Gasteiger charge is 2.24. The van der Waals surface area contributed by atoms with Crippen LogP contribution in [-0.4, -0.2) is 40.5 Å². The van der Waals surface area contributed by atoms with Crippen molar-refractivity contribution < 1.29 is 9.59 Å². The third kappa shape index (κ3) is 4.42. The lowest BCUT2D eigenvalue weighted by atomic mass is 10.0. The van der Waals surface area contributed by atoms with Crippen molar-refractivity contribution >= 4 is 28.5 Å². The first-order valence-corrected chi connectivity index (χ1v) is 10.0. The molecule has 2 aromatic carbocycles. The van der Waals surface area contributed by atoms with Crippen LogP contribution in [0.2, 0.25) is 0 Å². The molecule has 0 unspecified atom stereocenters. The van der Waals surface area contributed by atoms with Crippen LogP contribution in [0.1, 0.15) is 18.4 Å². The normalized spacial score (nSPS) is 14.7. The predicted octanol–water partition coefficient (Wildman–Crippen LogP) is 3.53. The van der Waals surface area contributed by atoms with Crippen LogP contribution in [-0.2, 0) is 18.3 Å². The summed E-state index contributed by atoms with van der Waals surface area (Å²) >= 11 is 0. The third-order valence-corrected chi connectivity index (χ3v) is 5.54. The largest absolute Gasteiger partial charge is 0.350 e. The summed E-state index contributed by atoms with van der Waals surface area (Å²) in [7, 11) is 2.01. The number of anilines is 1. The van der Waals surface area contributed by atoms with Crippen LogP contribution >= 0.6 is 0 Å². The summed E-state index contributed by atoms with van der Waals surface area (Å²) in [5.74, 6) is 0.147. The molecule has 1 aliphatic rings. The summed E-state index contributed by atoms with van der Waals surface area (Å²) < 4.78 is 2.07. The number of nitrogens with zero attached hydrogens (tertiary/aromatic N) is 2. The van der Waals surface area contributed by atoms with Crippen molar-refractivity contribution in [3.05, 3.63) is 66.4 Å². The first-order valence-electron chi connectivity index (χ1n) is 10.0. The summed E-state index contributed by atoms with van der Waals surface area (Å²) in [5, 5.41) is 6.99. The molecule has 3 aromatic rings. The molecule has 2 heterocycles. The zero-order valence-electron chi connectivity index (χ0n) is 16.6. The number of para-hydroxylation sites is 2. The van der Waals surface area contributed by atoms with Crippen molar-refractivity contribution in [2.45, 2.75) is 25.3 Å². The summed E-state index contributed by atoms with van der Waals surface area (Å²) in [5.41, 5.74) is 2.98. The van der Waals surface area contributed by atoms with E-state index < -0.39 is 0 Å². The predicted molar refractivity (Wildman–Crippen MR) is 115 cm³/mol. The molecule has 6 nitrogen and oxygen atoms in total. The Balaban J connectivity index is 1.29. The highest BCUT2D eigenvalue weighted by atomic mass is 16.2. The second kappa shape index (κ2) is 8.39. The lowest BCUT2D eigenvalue weighted by Crippen LogP contribution is -2.47. The standard InChI is InChI=1S/C23H26N4O2/c1-26-16-17(20-9-5-6-10-21(20)26)15-22(28)27-13-11-19(12-14-27)25-23(29)24-18-7-3-2-4-8-18/h2-10,16,19H,11-15H2,1H3,(H2,24,25,29). The Bertz CT molecular complexity index is 1000. The number of nitrogens with one attached hydrogen (secondary N) is 2. The summed E-state index contributed by atoms with van der Waals surface area (Å²) in [4.78, 5) is 26.9. The van der Waals surface area contributed by atoms with Gasteiger partial charge in [0.05, 0.1) is 6.42 Å². The molecule has 1 saturated heterocycles. The van der Waals surface area contributed by atoms with E-state index in [0.717, 1.165) is 35.0 Å². The minimum Gasteiger partial charge on any atom is -0.350 e. The van der Waals surface area contributed by atoms with E-state index in [1.165, 1.54) is 0 Å². The van der Waals surface area contributed by atoms with Crippen LogP contribution in [0.25, 0.3) is 10.9 Å². The van der Waals surface area contributed by atoms with Gasteiger partial charge in [0.1, 0.15) is 0 Å². The molecule has 6 heteroatoms. The number of likely N-dealkylation sites (tertiary alicyclic amines) is 1. The highest BCUT2D eigenvalue weighted by molar-refractivity contribution is 5.90. The maximum Gasteiger partial charge on any atom is 0.319 e. The molecule has 0 aliphatic carbocycles. The van der Waals surface area contributed by atoms with Gasteiger partial charge in [0.15, 0.2) is 0 Å². The Morgan fingerprint density at radius 3 is 2.45 bits per heavy atom. The second-order valence-corrected chi connectivity index (χ2v) is 7.58. The van der Waals surface area contributed by atoms with Gasteiger partial charge in [-0.05, 0) is 36.6 Å². The Morgan fingerprint density at radius 1 is 1.00 bits per heavy atom. The number of carbonyl (C=O) groups excluding carboxylic acids is 2. The van der Waals surface area contributed by atoms with Crippen LogP contribution in [0.4, 0.5) is 10.5 Å². The zero-order valence-corrected chi connectivity index (χ0v) is 16.6. The molecule has 1 fully saturated rings. The number of carbonyl (C=O) groups is 2. The number of piperidine rings is 1. The van der Waals surface area contributed by atoms with Crippen LogP contribution in [0, 0.1) is 0 Å². The number of urea groups is 1. The second-order valence-electron chi connectivity index (χ2n) is 7.58. The molecule has 0 saturated carbocycles. The van der Waals surface area contributed by atoms with Gasteiger partial charge in [0.2, 0.25) is 5.91 Å². The van der Waals surface area contributed by atoms with Crippen molar-refractivity contribution in [2.24, 2.45) is 7.05 Å². The van der Waals surface area contributed by atoms with Gasteiger partial charge in [-0.1, -0.05) is 36.4 Å². The molecule has 0 radical (unpaired) electrons. The van der Waals surface area contributed by atoms with Crippen LogP contribution in [0.3, 0.4) is 0 Å². The number of hydrogen-bond donors (Lipinski definition) is 2. The molecule has 3 amide bonds. The molecule has 0 spiro atoms. The maximum absolute atomic E-state index is 12.8. The quantitative estimate of drug-likeness (QED) is 0.716. The molecule has 1 aromatic heterocycles. The smallest absolute Gasteiger partial charge is 0.319 e. The lowest BCUT2D eigenvalue weighted by molar-refractivity contribution is -0.131. The fraction of sp³-hybridized carbons (Fsp3) is 0.304. The first-order chi connectivity index (χ1) is 14.1. The average molecular weight is 390 g/mol. The monoisotopic (exact) mass is 390 g/mol. The van der Waals surface area contributed by atoms with E-state index >= 15 is 0 Å². The minimum absolute atomic E-state index is 0.0836. The zero-order chi connectivity index (χ0) is 20.2. The fourth-order valence-corrected chi connectivity index (χ4v) is 3.99. The molecule has 1 aliphatic heterocycles. The molecule has 4 rings (SSSR count). The summed E-state index contributed by atoms with van der Waals surface area (Å²) in [6, 6.07) is 17.4. The number of aryl methyl sites for hydroxylation is 1. The molecule has 2 N–H and O–H groups in total. The molecule has 0 atom stereocenters. The number of rotatable bonds is 4. The maximum atomic E-state index is 12.8. The van der Waals surface area contributed by atoms with Crippen molar-refractivity contribution in [1.82, 2.24) is 14.8 Å². The van der Waals surface area contributed by atoms with Crippen LogP contribution < -0.4 is 10.6 Å². The van der Waals surface area contributed by atoms with E-state index in [4.69, 9.17) is 0 Å². The topological polar surface area (TPSA) is 66.4 Å². The van der Waals surface area contributed by atoms with Gasteiger partial charge in [0, 0.05) is 49.0 Å². The number of aromatic nitrogens is 1.